The molecule has 4 N–H and O–H groups in total. The number of benzene rings is 1. The molecular formula is C32H45N5O4. The number of rotatable bonds is 8. The third kappa shape index (κ3) is 9.03. The van der Waals surface area contributed by atoms with Gasteiger partial charge in [-0.2, -0.15) is 0 Å². The summed E-state index contributed by atoms with van der Waals surface area (Å²) in [4.78, 5) is 35.4. The van der Waals surface area contributed by atoms with Crippen molar-refractivity contribution >= 4 is 22.7 Å². The molecule has 0 radical (unpaired) electrons. The number of aromatic nitrogens is 2. The Bertz CT molecular complexity index is 1280. The van der Waals surface area contributed by atoms with Gasteiger partial charge in [-0.3, -0.25) is 14.6 Å². The number of amides is 2. The molecule has 3 aromatic rings. The molecule has 1 aliphatic rings. The predicted octanol–water partition coefficient (Wildman–Crippen LogP) is 3.88. The van der Waals surface area contributed by atoms with Gasteiger partial charge in [0.25, 0.3) is 0 Å². The lowest BCUT2D eigenvalue weighted by molar-refractivity contribution is -0.131. The smallest absolute Gasteiger partial charge is 0.222 e. The van der Waals surface area contributed by atoms with Gasteiger partial charge in [0, 0.05) is 74.6 Å². The molecule has 41 heavy (non-hydrogen) atoms. The third-order valence-corrected chi connectivity index (χ3v) is 7.65. The average molecular weight is 564 g/mol. The van der Waals surface area contributed by atoms with Crippen LogP contribution < -0.4 is 15.4 Å². The number of hydrogen-bond donors (Lipinski definition) is 4. The maximum Gasteiger partial charge on any atom is 0.222 e. The highest BCUT2D eigenvalue weighted by Crippen LogP contribution is 2.27. The molecule has 2 unspecified atom stereocenters. The van der Waals surface area contributed by atoms with Gasteiger partial charge in [0.05, 0.1) is 18.8 Å². The summed E-state index contributed by atoms with van der Waals surface area (Å²) in [6, 6.07) is 7.61. The summed E-state index contributed by atoms with van der Waals surface area (Å²) >= 11 is 0. The van der Waals surface area contributed by atoms with Gasteiger partial charge >= 0.3 is 0 Å². The van der Waals surface area contributed by atoms with Crippen molar-refractivity contribution in [1.82, 2.24) is 25.5 Å². The number of aromatic amines is 1. The summed E-state index contributed by atoms with van der Waals surface area (Å²) < 4.78 is 6.13. The molecule has 9 nitrogen and oxygen atoms in total. The Morgan fingerprint density at radius 2 is 1.98 bits per heavy atom. The highest BCUT2D eigenvalue weighted by molar-refractivity contribution is 5.85. The minimum absolute atomic E-state index is 0.0910. The molecule has 1 aliphatic heterocycles. The molecule has 0 saturated heterocycles. The van der Waals surface area contributed by atoms with Crippen molar-refractivity contribution in [2.75, 3.05) is 26.2 Å². The van der Waals surface area contributed by atoms with Crippen LogP contribution in [-0.4, -0.2) is 70.2 Å². The molecule has 0 fully saturated rings. The average Bonchev–Trinajstić information content (AvgIpc) is 3.45. The van der Waals surface area contributed by atoms with E-state index in [1.807, 2.05) is 41.7 Å². The van der Waals surface area contributed by atoms with Crippen molar-refractivity contribution < 1.29 is 19.4 Å². The molecule has 2 aromatic heterocycles. The second-order valence-corrected chi connectivity index (χ2v) is 10.9. The SMILES string of the molecule is CCCN1CCCCOc2cc(c3cc[nH]c3c2)CC(C(O)CNCc2cncc(CC)c2)NC(=O)CCCC1=O. The maximum atomic E-state index is 13.1. The first-order valence-electron chi connectivity index (χ1n) is 15.1. The van der Waals surface area contributed by atoms with Crippen LogP contribution in [0.2, 0.25) is 0 Å². The van der Waals surface area contributed by atoms with Crippen LogP contribution in [0.15, 0.2) is 42.9 Å². The lowest BCUT2D eigenvalue weighted by Gasteiger charge is -2.25. The molecule has 2 bridgehead atoms. The predicted molar refractivity (Wildman–Crippen MR) is 161 cm³/mol. The number of carbonyl (C=O) groups is 2. The Morgan fingerprint density at radius 3 is 2.80 bits per heavy atom. The molecule has 0 aliphatic carbocycles. The van der Waals surface area contributed by atoms with Crippen molar-refractivity contribution in [3.05, 3.63) is 59.5 Å². The molecular weight excluding hydrogens is 518 g/mol. The van der Waals surface area contributed by atoms with Crippen molar-refractivity contribution in [2.45, 2.75) is 83.9 Å². The summed E-state index contributed by atoms with van der Waals surface area (Å²) in [6.07, 6.45) is 9.77. The zero-order valence-corrected chi connectivity index (χ0v) is 24.5. The summed E-state index contributed by atoms with van der Waals surface area (Å²) in [5.41, 5.74) is 4.17. The monoisotopic (exact) mass is 563 g/mol. The van der Waals surface area contributed by atoms with Gasteiger partial charge in [0.2, 0.25) is 11.8 Å². The number of nitrogens with zero attached hydrogens (tertiary/aromatic N) is 2. The molecule has 2 amide bonds. The zero-order valence-electron chi connectivity index (χ0n) is 24.5. The molecule has 0 spiro atoms. The van der Waals surface area contributed by atoms with Crippen LogP contribution in [0.3, 0.4) is 0 Å². The number of pyridine rings is 1. The Kier molecular flexibility index (Phi) is 11.6. The fourth-order valence-electron chi connectivity index (χ4n) is 5.39. The Balaban J connectivity index is 1.51. The van der Waals surface area contributed by atoms with Gasteiger partial charge in [0.1, 0.15) is 5.75 Å². The van der Waals surface area contributed by atoms with Gasteiger partial charge in [-0.05, 0) is 67.3 Å². The van der Waals surface area contributed by atoms with Gasteiger partial charge in [-0.25, -0.2) is 0 Å². The van der Waals surface area contributed by atoms with Crippen LogP contribution in [0.25, 0.3) is 10.9 Å². The number of ether oxygens (including phenoxy) is 1. The normalized spacial score (nSPS) is 18.5. The molecule has 9 heteroatoms. The Morgan fingerprint density at radius 1 is 1.12 bits per heavy atom. The quantitative estimate of drug-likeness (QED) is 0.330. The second kappa shape index (κ2) is 15.5. The first-order valence-corrected chi connectivity index (χ1v) is 15.1. The number of hydrogen-bond acceptors (Lipinski definition) is 6. The summed E-state index contributed by atoms with van der Waals surface area (Å²) in [7, 11) is 0. The van der Waals surface area contributed by atoms with E-state index in [1.165, 1.54) is 5.56 Å². The number of aryl methyl sites for hydroxylation is 1. The lowest BCUT2D eigenvalue weighted by atomic mass is 9.97. The van der Waals surface area contributed by atoms with Crippen LogP contribution in [0.4, 0.5) is 0 Å². The molecule has 2 atom stereocenters. The van der Waals surface area contributed by atoms with Crippen molar-refractivity contribution in [1.29, 1.82) is 0 Å². The molecule has 4 rings (SSSR count). The first-order chi connectivity index (χ1) is 20.0. The van der Waals surface area contributed by atoms with Crippen molar-refractivity contribution in [2.24, 2.45) is 0 Å². The van der Waals surface area contributed by atoms with Crippen LogP contribution in [-0.2, 0) is 29.0 Å². The fourth-order valence-corrected chi connectivity index (χ4v) is 5.39. The van der Waals surface area contributed by atoms with E-state index in [1.54, 1.807) is 0 Å². The van der Waals surface area contributed by atoms with Crippen LogP contribution >= 0.6 is 0 Å². The Labute approximate surface area is 243 Å². The number of nitrogens with one attached hydrogen (secondary N) is 3. The van der Waals surface area contributed by atoms with E-state index in [0.29, 0.717) is 45.5 Å². The van der Waals surface area contributed by atoms with E-state index >= 15 is 0 Å². The van der Waals surface area contributed by atoms with Crippen LogP contribution in [0.5, 0.6) is 5.75 Å². The highest BCUT2D eigenvalue weighted by Gasteiger charge is 2.24. The van der Waals surface area contributed by atoms with Crippen molar-refractivity contribution in [3.8, 4) is 5.75 Å². The Hall–Kier alpha value is -3.43. The molecule has 222 valence electrons. The second-order valence-electron chi connectivity index (χ2n) is 10.9. The first kappa shape index (κ1) is 30.5. The number of aliphatic hydroxyl groups excluding tert-OH is 1. The number of H-pyrrole nitrogens is 1. The van der Waals surface area contributed by atoms with Gasteiger partial charge in [-0.1, -0.05) is 19.9 Å². The van der Waals surface area contributed by atoms with E-state index in [2.05, 4.69) is 40.5 Å². The number of carbonyl (C=O) groups excluding carboxylic acids is 2. The summed E-state index contributed by atoms with van der Waals surface area (Å²) in [5, 5.41) is 18.7. The number of aliphatic hydroxyl groups is 1. The van der Waals surface area contributed by atoms with Gasteiger partial charge in [0.15, 0.2) is 0 Å². The van der Waals surface area contributed by atoms with Crippen LogP contribution in [0.1, 0.15) is 69.1 Å². The third-order valence-electron chi connectivity index (χ3n) is 7.65. The lowest BCUT2D eigenvalue weighted by Crippen LogP contribution is -2.48. The van der Waals surface area contributed by atoms with E-state index in [0.717, 1.165) is 60.0 Å². The number of fused-ring (bicyclic) bond motifs is 4. The van der Waals surface area contributed by atoms with E-state index in [4.69, 9.17) is 4.74 Å². The van der Waals surface area contributed by atoms with E-state index < -0.39 is 12.1 Å². The highest BCUT2D eigenvalue weighted by atomic mass is 16.5. The minimum Gasteiger partial charge on any atom is -0.494 e. The maximum absolute atomic E-state index is 13.1. The van der Waals surface area contributed by atoms with Crippen LogP contribution in [0, 0.1) is 0 Å². The molecule has 0 saturated carbocycles. The fraction of sp³-hybridized carbons (Fsp3) is 0.531. The summed E-state index contributed by atoms with van der Waals surface area (Å²) in [6.45, 7) is 7.01. The summed E-state index contributed by atoms with van der Waals surface area (Å²) in [5.74, 6) is 0.681. The zero-order chi connectivity index (χ0) is 29.0. The topological polar surface area (TPSA) is 120 Å². The van der Waals surface area contributed by atoms with Crippen molar-refractivity contribution in [3.63, 3.8) is 0 Å². The van der Waals surface area contributed by atoms with E-state index in [-0.39, 0.29) is 18.2 Å². The van der Waals surface area contributed by atoms with E-state index in [9.17, 15) is 14.7 Å². The largest absolute Gasteiger partial charge is 0.494 e. The molecule has 1 aromatic carbocycles. The standard InChI is InChI=1S/C32H45N5O4/c1-3-12-37-13-5-6-14-41-26-16-25(27-10-11-35-28(27)18-26)17-29(36-31(39)8-7-9-32(37)40)30(38)22-34-21-24-15-23(4-2)19-33-20-24/h10-11,15-16,18-20,29-30,34-35,38H,3-9,12-14,17,21-22H2,1-2H3,(H,36,39). The minimum atomic E-state index is -0.830. The molecule has 3 heterocycles. The van der Waals surface area contributed by atoms with Gasteiger partial charge in [-0.15, -0.1) is 0 Å². The van der Waals surface area contributed by atoms with Gasteiger partial charge < -0.3 is 30.4 Å².